The summed E-state index contributed by atoms with van der Waals surface area (Å²) in [5.74, 6) is -1.62. The van der Waals surface area contributed by atoms with Gasteiger partial charge in [-0.25, -0.2) is 8.78 Å². The summed E-state index contributed by atoms with van der Waals surface area (Å²) in [4.78, 5) is 0. The van der Waals surface area contributed by atoms with Crippen molar-refractivity contribution in [3.63, 3.8) is 0 Å². The second-order valence-corrected chi connectivity index (χ2v) is 3.67. The Morgan fingerprint density at radius 1 is 0.846 bits per heavy atom. The summed E-state index contributed by atoms with van der Waals surface area (Å²) < 4.78 is 26.4. The summed E-state index contributed by atoms with van der Waals surface area (Å²) in [6, 6.07) is 7.66. The summed E-state index contributed by atoms with van der Waals surface area (Å²) in [6.07, 6.45) is 0. The fourth-order valence-electron chi connectivity index (χ4n) is 1.21. The molecular formula is C10H5BrF2. The molecule has 0 heterocycles. The van der Waals surface area contributed by atoms with Crippen LogP contribution in [0, 0.1) is 11.6 Å². The van der Waals surface area contributed by atoms with Gasteiger partial charge in [0.25, 0.3) is 0 Å². The van der Waals surface area contributed by atoms with E-state index < -0.39 is 11.6 Å². The fourth-order valence-corrected chi connectivity index (χ4v) is 1.59. The van der Waals surface area contributed by atoms with Crippen molar-refractivity contribution in [3.05, 3.63) is 46.4 Å². The molecule has 0 radical (unpaired) electrons. The highest BCUT2D eigenvalue weighted by atomic mass is 79.9. The molecule has 0 aromatic heterocycles. The molecule has 13 heavy (non-hydrogen) atoms. The minimum Gasteiger partial charge on any atom is -0.204 e. The molecule has 0 saturated heterocycles. The van der Waals surface area contributed by atoms with Gasteiger partial charge in [0.1, 0.15) is 0 Å². The molecule has 0 atom stereocenters. The van der Waals surface area contributed by atoms with Gasteiger partial charge in [-0.15, -0.1) is 0 Å². The lowest BCUT2D eigenvalue weighted by molar-refractivity contribution is 0.511. The zero-order chi connectivity index (χ0) is 9.42. The zero-order valence-electron chi connectivity index (χ0n) is 6.52. The highest BCUT2D eigenvalue weighted by Gasteiger charge is 2.03. The molecule has 2 aromatic carbocycles. The first kappa shape index (κ1) is 8.63. The van der Waals surface area contributed by atoms with Gasteiger partial charge in [0.15, 0.2) is 11.6 Å². The van der Waals surface area contributed by atoms with Crippen molar-refractivity contribution < 1.29 is 8.78 Å². The molecule has 2 rings (SSSR count). The van der Waals surface area contributed by atoms with Gasteiger partial charge in [-0.1, -0.05) is 22.0 Å². The molecule has 0 bridgehead atoms. The number of fused-ring (bicyclic) bond motifs is 1. The van der Waals surface area contributed by atoms with Gasteiger partial charge in [-0.2, -0.15) is 0 Å². The van der Waals surface area contributed by atoms with Crippen LogP contribution in [0.4, 0.5) is 8.78 Å². The molecule has 0 fully saturated rings. The molecule has 2 aromatic rings. The van der Waals surface area contributed by atoms with E-state index in [9.17, 15) is 8.78 Å². The van der Waals surface area contributed by atoms with E-state index in [0.717, 1.165) is 4.47 Å². The Morgan fingerprint density at radius 2 is 1.46 bits per heavy atom. The molecule has 0 aliphatic rings. The van der Waals surface area contributed by atoms with E-state index in [4.69, 9.17) is 0 Å². The Labute approximate surface area is 82.3 Å². The minimum atomic E-state index is -0.814. The van der Waals surface area contributed by atoms with Crippen molar-refractivity contribution in [1.29, 1.82) is 0 Å². The van der Waals surface area contributed by atoms with Crippen LogP contribution in [-0.4, -0.2) is 0 Å². The van der Waals surface area contributed by atoms with E-state index in [2.05, 4.69) is 15.9 Å². The van der Waals surface area contributed by atoms with Crippen molar-refractivity contribution in [2.24, 2.45) is 0 Å². The first-order valence-corrected chi connectivity index (χ1v) is 4.50. The molecule has 3 heteroatoms. The van der Waals surface area contributed by atoms with E-state index in [0.29, 0.717) is 10.8 Å². The third-order valence-electron chi connectivity index (χ3n) is 1.84. The van der Waals surface area contributed by atoms with Gasteiger partial charge in [0, 0.05) is 4.47 Å². The van der Waals surface area contributed by atoms with Crippen molar-refractivity contribution in [1.82, 2.24) is 0 Å². The third kappa shape index (κ3) is 1.56. The van der Waals surface area contributed by atoms with E-state index in [1.165, 1.54) is 12.1 Å². The van der Waals surface area contributed by atoms with Gasteiger partial charge in [0.2, 0.25) is 0 Å². The lowest BCUT2D eigenvalue weighted by Crippen LogP contribution is -1.83. The monoisotopic (exact) mass is 242 g/mol. The fraction of sp³-hybridized carbons (Fsp3) is 0. The van der Waals surface area contributed by atoms with E-state index in [-0.39, 0.29) is 0 Å². The van der Waals surface area contributed by atoms with Gasteiger partial charge in [-0.3, -0.25) is 0 Å². The standard InChI is InChI=1S/C10H5BrF2/c11-8-2-1-6-4-9(12)10(13)5-7(6)3-8/h1-5H. The third-order valence-corrected chi connectivity index (χ3v) is 2.33. The van der Waals surface area contributed by atoms with Crippen molar-refractivity contribution in [3.8, 4) is 0 Å². The summed E-state index contributed by atoms with van der Waals surface area (Å²) in [6.45, 7) is 0. The van der Waals surface area contributed by atoms with Crippen LogP contribution >= 0.6 is 15.9 Å². The lowest BCUT2D eigenvalue weighted by Gasteiger charge is -1.99. The average molecular weight is 243 g/mol. The van der Waals surface area contributed by atoms with E-state index >= 15 is 0 Å². The van der Waals surface area contributed by atoms with Gasteiger partial charge in [-0.05, 0) is 35.0 Å². The van der Waals surface area contributed by atoms with Gasteiger partial charge in [0.05, 0.1) is 0 Å². The Bertz CT molecular complexity index is 466. The molecule has 0 saturated carbocycles. The number of hydrogen-bond acceptors (Lipinski definition) is 0. The number of rotatable bonds is 0. The molecule has 0 aliphatic heterocycles. The van der Waals surface area contributed by atoms with Gasteiger partial charge < -0.3 is 0 Å². The zero-order valence-corrected chi connectivity index (χ0v) is 8.11. The van der Waals surface area contributed by atoms with Crippen molar-refractivity contribution in [2.75, 3.05) is 0 Å². The average Bonchev–Trinajstić information content (AvgIpc) is 2.08. The SMILES string of the molecule is Fc1cc2ccc(Br)cc2cc1F. The molecule has 66 valence electrons. The highest BCUT2D eigenvalue weighted by molar-refractivity contribution is 9.10. The lowest BCUT2D eigenvalue weighted by atomic mass is 10.1. The molecule has 0 spiro atoms. The molecule has 0 amide bonds. The molecule has 0 unspecified atom stereocenters. The van der Waals surface area contributed by atoms with Crippen LogP contribution in [0.15, 0.2) is 34.8 Å². The maximum Gasteiger partial charge on any atom is 0.159 e. The summed E-state index contributed by atoms with van der Waals surface area (Å²) in [5, 5.41) is 1.38. The van der Waals surface area contributed by atoms with Crippen LogP contribution in [0.2, 0.25) is 0 Å². The maximum absolute atomic E-state index is 12.8. The Hall–Kier alpha value is -0.960. The molecular weight excluding hydrogens is 238 g/mol. The van der Waals surface area contributed by atoms with Crippen LogP contribution in [-0.2, 0) is 0 Å². The first-order chi connectivity index (χ1) is 6.16. The van der Waals surface area contributed by atoms with Crippen LogP contribution < -0.4 is 0 Å². The summed E-state index contributed by atoms with van der Waals surface area (Å²) in [5.41, 5.74) is 0. The Morgan fingerprint density at radius 3 is 2.15 bits per heavy atom. The molecule has 0 N–H and O–H groups in total. The summed E-state index contributed by atoms with van der Waals surface area (Å²) in [7, 11) is 0. The second-order valence-electron chi connectivity index (χ2n) is 2.76. The van der Waals surface area contributed by atoms with Crippen LogP contribution in [0.5, 0.6) is 0 Å². The smallest absolute Gasteiger partial charge is 0.159 e. The first-order valence-electron chi connectivity index (χ1n) is 3.71. The number of halogens is 3. The maximum atomic E-state index is 12.8. The predicted molar refractivity (Wildman–Crippen MR) is 51.6 cm³/mol. The van der Waals surface area contributed by atoms with E-state index in [1.807, 2.05) is 0 Å². The predicted octanol–water partition coefficient (Wildman–Crippen LogP) is 3.88. The van der Waals surface area contributed by atoms with Crippen molar-refractivity contribution >= 4 is 26.7 Å². The highest BCUT2D eigenvalue weighted by Crippen LogP contribution is 2.22. The number of hydrogen-bond donors (Lipinski definition) is 0. The molecule has 0 nitrogen and oxygen atoms in total. The number of benzene rings is 2. The Kier molecular flexibility index (Phi) is 2.04. The topological polar surface area (TPSA) is 0 Å². The van der Waals surface area contributed by atoms with Crippen LogP contribution in [0.1, 0.15) is 0 Å². The Balaban J connectivity index is 2.81. The minimum absolute atomic E-state index is 0.688. The van der Waals surface area contributed by atoms with Crippen LogP contribution in [0.25, 0.3) is 10.8 Å². The van der Waals surface area contributed by atoms with Crippen LogP contribution in [0.3, 0.4) is 0 Å². The second kappa shape index (κ2) is 3.07. The van der Waals surface area contributed by atoms with Gasteiger partial charge >= 0.3 is 0 Å². The van der Waals surface area contributed by atoms with E-state index in [1.54, 1.807) is 18.2 Å². The normalized spacial score (nSPS) is 10.7. The summed E-state index contributed by atoms with van der Waals surface area (Å²) >= 11 is 3.26. The van der Waals surface area contributed by atoms with Crippen molar-refractivity contribution in [2.45, 2.75) is 0 Å². The molecule has 0 aliphatic carbocycles. The largest absolute Gasteiger partial charge is 0.204 e. The quantitative estimate of drug-likeness (QED) is 0.658.